The highest BCUT2D eigenvalue weighted by molar-refractivity contribution is 5.81. The number of carbonyl (C=O) groups excluding carboxylic acids is 1. The number of nitrogens with one attached hydrogen (secondary N) is 1. The first-order valence-corrected chi connectivity index (χ1v) is 6.35. The van der Waals surface area contributed by atoms with Crippen LogP contribution in [0.15, 0.2) is 24.3 Å². The third kappa shape index (κ3) is 3.46. The van der Waals surface area contributed by atoms with Crippen LogP contribution in [0.1, 0.15) is 12.5 Å². The maximum atomic E-state index is 11.5. The Morgan fingerprint density at radius 3 is 2.89 bits per heavy atom. The second-order valence-electron chi connectivity index (χ2n) is 4.49. The van der Waals surface area contributed by atoms with Gasteiger partial charge in [0.05, 0.1) is 17.7 Å². The Bertz CT molecular complexity index is 478. The highest BCUT2D eigenvalue weighted by Gasteiger charge is 2.24. The molecule has 5 heteroatoms. The fraction of sp³-hybridized carbons (Fsp3) is 0.429. The number of nitrogens with zero attached hydrogens (tertiary/aromatic N) is 2. The Labute approximate surface area is 112 Å². The van der Waals surface area contributed by atoms with Crippen molar-refractivity contribution in [2.45, 2.75) is 13.0 Å². The molecular formula is C14H17N3O2. The normalized spacial score (nSPS) is 19.6. The van der Waals surface area contributed by atoms with Crippen molar-refractivity contribution in [2.24, 2.45) is 0 Å². The molecule has 1 amide bonds. The molecule has 19 heavy (non-hydrogen) atoms. The monoisotopic (exact) mass is 259 g/mol. The predicted octanol–water partition coefficient (Wildman–Crippen LogP) is 0.757. The van der Waals surface area contributed by atoms with Gasteiger partial charge in [-0.25, -0.2) is 0 Å². The van der Waals surface area contributed by atoms with E-state index in [1.54, 1.807) is 24.3 Å². The molecule has 0 bridgehead atoms. The Kier molecular flexibility index (Phi) is 4.37. The molecule has 1 heterocycles. The first kappa shape index (κ1) is 13.4. The minimum absolute atomic E-state index is 0.0737. The summed E-state index contributed by atoms with van der Waals surface area (Å²) in [6.07, 6.45) is 0. The molecule has 0 unspecified atom stereocenters. The lowest BCUT2D eigenvalue weighted by atomic mass is 10.2. The van der Waals surface area contributed by atoms with Crippen LogP contribution in [0.25, 0.3) is 0 Å². The Balaban J connectivity index is 1.79. The van der Waals surface area contributed by atoms with Gasteiger partial charge in [-0.05, 0) is 31.2 Å². The van der Waals surface area contributed by atoms with Crippen LogP contribution in [0.5, 0.6) is 5.75 Å². The first-order chi connectivity index (χ1) is 9.20. The van der Waals surface area contributed by atoms with Crippen LogP contribution in [0, 0.1) is 11.3 Å². The number of hydrogen-bond donors (Lipinski definition) is 1. The SMILES string of the molecule is C[C@H]1C(=O)NCCN1CCOc1ccc(C#N)cc1. The van der Waals surface area contributed by atoms with Crippen molar-refractivity contribution in [3.05, 3.63) is 29.8 Å². The molecule has 0 aromatic heterocycles. The minimum Gasteiger partial charge on any atom is -0.492 e. The molecule has 1 aromatic rings. The van der Waals surface area contributed by atoms with Gasteiger partial charge in [-0.3, -0.25) is 9.69 Å². The number of nitriles is 1. The van der Waals surface area contributed by atoms with Gasteiger partial charge in [0.2, 0.25) is 5.91 Å². The van der Waals surface area contributed by atoms with Crippen molar-refractivity contribution >= 4 is 5.91 Å². The van der Waals surface area contributed by atoms with Crippen LogP contribution >= 0.6 is 0 Å². The summed E-state index contributed by atoms with van der Waals surface area (Å²) < 4.78 is 5.61. The molecule has 0 spiro atoms. The zero-order valence-corrected chi connectivity index (χ0v) is 10.9. The van der Waals surface area contributed by atoms with Gasteiger partial charge < -0.3 is 10.1 Å². The molecule has 1 aliphatic rings. The Morgan fingerprint density at radius 1 is 1.47 bits per heavy atom. The summed E-state index contributed by atoms with van der Waals surface area (Å²) in [7, 11) is 0. The molecule has 0 aliphatic carbocycles. The van der Waals surface area contributed by atoms with Gasteiger partial charge in [0.1, 0.15) is 12.4 Å². The number of piperazine rings is 1. The van der Waals surface area contributed by atoms with E-state index in [0.717, 1.165) is 12.3 Å². The van der Waals surface area contributed by atoms with Crippen molar-refractivity contribution < 1.29 is 9.53 Å². The van der Waals surface area contributed by atoms with E-state index in [0.29, 0.717) is 25.3 Å². The molecule has 2 rings (SSSR count). The highest BCUT2D eigenvalue weighted by Crippen LogP contribution is 2.12. The molecule has 1 saturated heterocycles. The molecule has 1 aromatic carbocycles. The number of carbonyl (C=O) groups is 1. The van der Waals surface area contributed by atoms with E-state index >= 15 is 0 Å². The van der Waals surface area contributed by atoms with E-state index in [9.17, 15) is 4.79 Å². The Morgan fingerprint density at radius 2 is 2.21 bits per heavy atom. The van der Waals surface area contributed by atoms with Crippen LogP contribution in [-0.4, -0.2) is 43.1 Å². The lowest BCUT2D eigenvalue weighted by Crippen LogP contribution is -2.54. The highest BCUT2D eigenvalue weighted by atomic mass is 16.5. The van der Waals surface area contributed by atoms with Gasteiger partial charge >= 0.3 is 0 Å². The number of hydrogen-bond acceptors (Lipinski definition) is 4. The maximum absolute atomic E-state index is 11.5. The van der Waals surface area contributed by atoms with Crippen LogP contribution in [0.4, 0.5) is 0 Å². The third-order valence-electron chi connectivity index (χ3n) is 3.26. The van der Waals surface area contributed by atoms with Crippen molar-refractivity contribution in [1.29, 1.82) is 5.26 Å². The van der Waals surface area contributed by atoms with E-state index in [2.05, 4.69) is 16.3 Å². The van der Waals surface area contributed by atoms with E-state index in [-0.39, 0.29) is 11.9 Å². The molecule has 1 fully saturated rings. The summed E-state index contributed by atoms with van der Waals surface area (Å²) >= 11 is 0. The second-order valence-corrected chi connectivity index (χ2v) is 4.49. The smallest absolute Gasteiger partial charge is 0.237 e. The first-order valence-electron chi connectivity index (χ1n) is 6.35. The molecule has 1 aliphatic heterocycles. The van der Waals surface area contributed by atoms with E-state index in [1.807, 2.05) is 6.92 Å². The second kappa shape index (κ2) is 6.21. The summed E-state index contributed by atoms with van der Waals surface area (Å²) in [6, 6.07) is 8.99. The maximum Gasteiger partial charge on any atom is 0.237 e. The van der Waals surface area contributed by atoms with Crippen LogP contribution in [0.3, 0.4) is 0 Å². The standard InChI is InChI=1S/C14H17N3O2/c1-11-14(18)16-6-7-17(11)8-9-19-13-4-2-12(10-15)3-5-13/h2-5,11H,6-9H2,1H3,(H,16,18)/t11-/m0/s1. The average Bonchev–Trinajstić information content (AvgIpc) is 2.44. The lowest BCUT2D eigenvalue weighted by molar-refractivity contribution is -0.128. The number of amides is 1. The zero-order chi connectivity index (χ0) is 13.7. The Hall–Kier alpha value is -2.06. The number of benzene rings is 1. The molecule has 1 N–H and O–H groups in total. The van der Waals surface area contributed by atoms with Gasteiger partial charge in [0.25, 0.3) is 0 Å². The van der Waals surface area contributed by atoms with Gasteiger partial charge in [0, 0.05) is 19.6 Å². The van der Waals surface area contributed by atoms with Crippen LogP contribution < -0.4 is 10.1 Å². The quantitative estimate of drug-likeness (QED) is 0.867. The molecule has 0 radical (unpaired) electrons. The summed E-state index contributed by atoms with van der Waals surface area (Å²) in [5.41, 5.74) is 0.619. The topological polar surface area (TPSA) is 65.4 Å². The van der Waals surface area contributed by atoms with Gasteiger partial charge in [-0.2, -0.15) is 5.26 Å². The summed E-state index contributed by atoms with van der Waals surface area (Å²) in [6.45, 7) is 4.69. The van der Waals surface area contributed by atoms with E-state index in [1.165, 1.54) is 0 Å². The molecule has 0 saturated carbocycles. The molecule has 100 valence electrons. The van der Waals surface area contributed by atoms with Gasteiger partial charge in [-0.15, -0.1) is 0 Å². The largest absolute Gasteiger partial charge is 0.492 e. The van der Waals surface area contributed by atoms with Gasteiger partial charge in [-0.1, -0.05) is 0 Å². The van der Waals surface area contributed by atoms with Gasteiger partial charge in [0.15, 0.2) is 0 Å². The minimum atomic E-state index is -0.0988. The third-order valence-corrected chi connectivity index (χ3v) is 3.26. The predicted molar refractivity (Wildman–Crippen MR) is 70.7 cm³/mol. The fourth-order valence-electron chi connectivity index (χ4n) is 2.04. The summed E-state index contributed by atoms with van der Waals surface area (Å²) in [4.78, 5) is 13.6. The van der Waals surface area contributed by atoms with Crippen LogP contribution in [-0.2, 0) is 4.79 Å². The van der Waals surface area contributed by atoms with Crippen molar-refractivity contribution in [3.63, 3.8) is 0 Å². The number of rotatable bonds is 4. The lowest BCUT2D eigenvalue weighted by Gasteiger charge is -2.32. The molecule has 1 atom stereocenters. The average molecular weight is 259 g/mol. The van der Waals surface area contributed by atoms with Crippen molar-refractivity contribution in [1.82, 2.24) is 10.2 Å². The van der Waals surface area contributed by atoms with Crippen LogP contribution in [0.2, 0.25) is 0 Å². The fourth-order valence-corrected chi connectivity index (χ4v) is 2.04. The van der Waals surface area contributed by atoms with Crippen molar-refractivity contribution in [3.8, 4) is 11.8 Å². The number of ether oxygens (including phenoxy) is 1. The molecule has 5 nitrogen and oxygen atoms in total. The summed E-state index contributed by atoms with van der Waals surface area (Å²) in [5.74, 6) is 0.817. The van der Waals surface area contributed by atoms with E-state index < -0.39 is 0 Å². The molecular weight excluding hydrogens is 242 g/mol. The zero-order valence-electron chi connectivity index (χ0n) is 10.9. The van der Waals surface area contributed by atoms with E-state index in [4.69, 9.17) is 10.00 Å². The summed E-state index contributed by atoms with van der Waals surface area (Å²) in [5, 5.41) is 11.5. The van der Waals surface area contributed by atoms with Crippen molar-refractivity contribution in [2.75, 3.05) is 26.2 Å².